The highest BCUT2D eigenvalue weighted by Crippen LogP contribution is 2.20. The molecule has 0 fully saturated rings. The Morgan fingerprint density at radius 2 is 1.83 bits per heavy atom. The van der Waals surface area contributed by atoms with Crippen LogP contribution in [0.15, 0.2) is 18.2 Å². The lowest BCUT2D eigenvalue weighted by Crippen LogP contribution is -2.42. The maximum Gasteiger partial charge on any atom is 0.405 e. The molecule has 1 aromatic rings. The average Bonchev–Trinajstić information content (AvgIpc) is 2.25. The van der Waals surface area contributed by atoms with E-state index in [1.807, 2.05) is 0 Å². The van der Waals surface area contributed by atoms with Crippen molar-refractivity contribution in [1.29, 1.82) is 0 Å². The molecule has 1 unspecified atom stereocenters. The van der Waals surface area contributed by atoms with E-state index in [0.29, 0.717) is 15.6 Å². The van der Waals surface area contributed by atoms with E-state index in [4.69, 9.17) is 28.3 Å². The van der Waals surface area contributed by atoms with Crippen LogP contribution in [0.5, 0.6) is 0 Å². The normalized spacial score (nSPS) is 11.9. The van der Waals surface area contributed by atoms with Gasteiger partial charge in [0.05, 0.1) is 11.4 Å². The van der Waals surface area contributed by atoms with E-state index < -0.39 is 12.1 Å². The van der Waals surface area contributed by atoms with Crippen molar-refractivity contribution in [2.24, 2.45) is 0 Å². The molecule has 0 bridgehead atoms. The molecule has 7 heteroatoms. The maximum absolute atomic E-state index is 11.6. The Bertz CT molecular complexity index is 447. The smallest absolute Gasteiger partial charge is 0.405 e. The minimum absolute atomic E-state index is 0.0756. The number of amides is 1. The third kappa shape index (κ3) is 4.84. The molecule has 4 nitrogen and oxygen atoms in total. The molecule has 0 aliphatic rings. The van der Waals surface area contributed by atoms with Crippen molar-refractivity contribution in [1.82, 2.24) is 5.32 Å². The summed E-state index contributed by atoms with van der Waals surface area (Å²) in [5.74, 6) is -0.256. The number of hydrogen-bond donors (Lipinski definition) is 2. The number of nitrogens with one attached hydrogen (secondary N) is 1. The number of benzene rings is 1. The van der Waals surface area contributed by atoms with Crippen molar-refractivity contribution in [3.05, 3.63) is 33.8 Å². The first kappa shape index (κ1) is 15.3. The fourth-order valence-electron chi connectivity index (χ4n) is 1.45. The van der Waals surface area contributed by atoms with E-state index in [2.05, 4.69) is 21.2 Å². The van der Waals surface area contributed by atoms with Crippen LogP contribution in [-0.2, 0) is 11.2 Å². The zero-order valence-electron chi connectivity index (χ0n) is 9.12. The van der Waals surface area contributed by atoms with E-state index in [1.54, 1.807) is 18.2 Å². The van der Waals surface area contributed by atoms with Crippen LogP contribution in [0, 0.1) is 0 Å². The minimum Gasteiger partial charge on any atom is -0.465 e. The second-order valence-corrected chi connectivity index (χ2v) is 5.02. The van der Waals surface area contributed by atoms with E-state index >= 15 is 0 Å². The van der Waals surface area contributed by atoms with Crippen molar-refractivity contribution in [2.45, 2.75) is 12.5 Å². The summed E-state index contributed by atoms with van der Waals surface area (Å²) in [5.41, 5.74) is 0.695. The van der Waals surface area contributed by atoms with Crippen molar-refractivity contribution < 1.29 is 14.7 Å². The van der Waals surface area contributed by atoms with Crippen LogP contribution >= 0.6 is 39.1 Å². The van der Waals surface area contributed by atoms with Gasteiger partial charge in [-0.25, -0.2) is 4.79 Å². The highest BCUT2D eigenvalue weighted by molar-refractivity contribution is 9.09. The molecular formula is C11H10BrCl2NO3. The van der Waals surface area contributed by atoms with E-state index in [9.17, 15) is 9.59 Å². The Balaban J connectivity index is 2.88. The second kappa shape index (κ2) is 6.97. The molecule has 98 valence electrons. The molecule has 0 aliphatic heterocycles. The number of carboxylic acid groups (broad SMARTS) is 1. The molecule has 18 heavy (non-hydrogen) atoms. The summed E-state index contributed by atoms with van der Waals surface area (Å²) in [5, 5.41) is 11.8. The topological polar surface area (TPSA) is 66.4 Å². The van der Waals surface area contributed by atoms with Crippen LogP contribution in [0.4, 0.5) is 4.79 Å². The van der Waals surface area contributed by atoms with Gasteiger partial charge in [0.25, 0.3) is 0 Å². The zero-order valence-corrected chi connectivity index (χ0v) is 12.2. The Kier molecular flexibility index (Phi) is 5.91. The molecule has 0 aliphatic carbocycles. The largest absolute Gasteiger partial charge is 0.465 e. The van der Waals surface area contributed by atoms with E-state index in [0.717, 1.165) is 0 Å². The van der Waals surface area contributed by atoms with Crippen molar-refractivity contribution >= 4 is 51.0 Å². The SMILES string of the molecule is O=C(O)NC(Cc1cc(Cl)cc(Cl)c1)C(=O)CBr. The summed E-state index contributed by atoms with van der Waals surface area (Å²) in [6, 6.07) is 4.03. The lowest BCUT2D eigenvalue weighted by Gasteiger charge is -2.15. The van der Waals surface area contributed by atoms with Crippen LogP contribution in [0.1, 0.15) is 5.56 Å². The fourth-order valence-corrected chi connectivity index (χ4v) is 2.41. The molecule has 1 atom stereocenters. The third-order valence-electron chi connectivity index (χ3n) is 2.18. The van der Waals surface area contributed by atoms with Crippen molar-refractivity contribution in [3.63, 3.8) is 0 Å². The van der Waals surface area contributed by atoms with Crippen LogP contribution < -0.4 is 5.32 Å². The van der Waals surface area contributed by atoms with Crippen LogP contribution in [0.25, 0.3) is 0 Å². The maximum atomic E-state index is 11.6. The Hall–Kier alpha value is -0.780. The Morgan fingerprint density at radius 1 is 1.28 bits per heavy atom. The summed E-state index contributed by atoms with van der Waals surface area (Å²) < 4.78 is 0. The van der Waals surface area contributed by atoms with Gasteiger partial charge in [0.1, 0.15) is 0 Å². The number of alkyl halides is 1. The molecule has 1 aromatic carbocycles. The molecule has 0 aromatic heterocycles. The second-order valence-electron chi connectivity index (χ2n) is 3.58. The molecule has 0 spiro atoms. The van der Waals surface area contributed by atoms with Gasteiger partial charge in [-0.2, -0.15) is 0 Å². The highest BCUT2D eigenvalue weighted by Gasteiger charge is 2.20. The van der Waals surface area contributed by atoms with Crippen LogP contribution in [0.3, 0.4) is 0 Å². The summed E-state index contributed by atoms with van der Waals surface area (Å²) >= 11 is 14.7. The number of hydrogen-bond acceptors (Lipinski definition) is 2. The molecule has 0 radical (unpaired) electrons. The fraction of sp³-hybridized carbons (Fsp3) is 0.273. The molecule has 2 N–H and O–H groups in total. The van der Waals surface area contributed by atoms with Gasteiger partial charge in [0.2, 0.25) is 0 Å². The van der Waals surface area contributed by atoms with Crippen LogP contribution in [-0.4, -0.2) is 28.4 Å². The number of Topliss-reactive ketones (excluding diaryl/α,β-unsaturated/α-hetero) is 1. The van der Waals surface area contributed by atoms with Crippen molar-refractivity contribution in [2.75, 3.05) is 5.33 Å². The first-order valence-corrected chi connectivity index (χ1v) is 6.83. The minimum atomic E-state index is -1.25. The quantitative estimate of drug-likeness (QED) is 0.798. The molecule has 0 heterocycles. The van der Waals surface area contributed by atoms with Gasteiger partial charge >= 0.3 is 6.09 Å². The number of carbonyl (C=O) groups excluding carboxylic acids is 1. The third-order valence-corrected chi connectivity index (χ3v) is 3.17. The lowest BCUT2D eigenvalue weighted by molar-refractivity contribution is -0.118. The van der Waals surface area contributed by atoms with Crippen molar-refractivity contribution in [3.8, 4) is 0 Å². The Morgan fingerprint density at radius 3 is 2.28 bits per heavy atom. The zero-order chi connectivity index (χ0) is 13.7. The number of carbonyl (C=O) groups is 2. The highest BCUT2D eigenvalue weighted by atomic mass is 79.9. The summed E-state index contributed by atoms with van der Waals surface area (Å²) in [7, 11) is 0. The molecule has 0 saturated carbocycles. The summed E-state index contributed by atoms with van der Waals surface area (Å²) in [6.45, 7) is 0. The average molecular weight is 355 g/mol. The predicted molar refractivity (Wildman–Crippen MR) is 73.9 cm³/mol. The predicted octanol–water partition coefficient (Wildman–Crippen LogP) is 3.14. The molecule has 1 amide bonds. The van der Waals surface area contributed by atoms with Gasteiger partial charge in [0.15, 0.2) is 5.78 Å². The monoisotopic (exact) mass is 353 g/mol. The van der Waals surface area contributed by atoms with E-state index in [1.165, 1.54) is 0 Å². The van der Waals surface area contributed by atoms with Gasteiger partial charge in [-0.05, 0) is 23.8 Å². The van der Waals surface area contributed by atoms with Gasteiger partial charge in [-0.3, -0.25) is 4.79 Å². The lowest BCUT2D eigenvalue weighted by atomic mass is 10.0. The number of ketones is 1. The first-order chi connectivity index (χ1) is 8.42. The molecule has 1 rings (SSSR count). The van der Waals surface area contributed by atoms with Gasteiger partial charge in [-0.15, -0.1) is 0 Å². The van der Waals surface area contributed by atoms with Gasteiger partial charge in [0, 0.05) is 16.5 Å². The van der Waals surface area contributed by atoms with Gasteiger partial charge < -0.3 is 10.4 Å². The molecule has 0 saturated heterocycles. The van der Waals surface area contributed by atoms with Crippen LogP contribution in [0.2, 0.25) is 10.0 Å². The number of rotatable bonds is 5. The Labute approximate surface area is 122 Å². The summed E-state index contributed by atoms with van der Waals surface area (Å²) in [6.07, 6.45) is -1.04. The molecular weight excluding hydrogens is 345 g/mol. The first-order valence-electron chi connectivity index (χ1n) is 4.95. The van der Waals surface area contributed by atoms with E-state index in [-0.39, 0.29) is 17.5 Å². The summed E-state index contributed by atoms with van der Waals surface area (Å²) in [4.78, 5) is 22.2. The number of halogens is 3. The van der Waals surface area contributed by atoms with Gasteiger partial charge in [-0.1, -0.05) is 39.1 Å². The standard InChI is InChI=1S/C11H10BrCl2NO3/c12-5-10(16)9(15-11(17)18)3-6-1-7(13)4-8(14)2-6/h1-2,4,9,15H,3,5H2,(H,17,18).